The van der Waals surface area contributed by atoms with E-state index in [9.17, 15) is 27.2 Å². The van der Waals surface area contributed by atoms with E-state index in [0.717, 1.165) is 81.4 Å². The van der Waals surface area contributed by atoms with Crippen LogP contribution in [0.15, 0.2) is 90.1 Å². The molecule has 0 fully saturated rings. The second kappa shape index (κ2) is 16.7. The minimum absolute atomic E-state index is 0.0666. The average Bonchev–Trinajstić information content (AvgIpc) is 3.49. The molecule has 6 rings (SSSR count). The van der Waals surface area contributed by atoms with E-state index in [-0.39, 0.29) is 28.8 Å². The average molecular weight is 767 g/mol. The van der Waals surface area contributed by atoms with Gasteiger partial charge in [-0.1, -0.05) is 98.4 Å². The number of carbonyl (C=O) groups is 2. The standard InChI is InChI=1S/C46H46F4N2O4/c1-7-9-10-15-32(8-2)52-39-21-20-31(42(51-56-30(6)53)35-18-13-14-19-40(35)55-26-46(49,50)45(47)48)24-36(39)37-25-38(33-16-11-12-17-34(33)43(37)52)44(54)41-28(4)22-27(3)23-29(41)5/h11-14,16-25,32,45H,7-10,15,26H2,1-6H3/b51-42+. The zero-order valence-corrected chi connectivity index (χ0v) is 32.5. The Morgan fingerprint density at radius 2 is 1.48 bits per heavy atom. The lowest BCUT2D eigenvalue weighted by Gasteiger charge is -2.21. The molecular formula is C46H46F4N2O4. The van der Waals surface area contributed by atoms with Gasteiger partial charge in [-0.05, 0) is 80.5 Å². The predicted octanol–water partition coefficient (Wildman–Crippen LogP) is 12.2. The molecule has 292 valence electrons. The van der Waals surface area contributed by atoms with Gasteiger partial charge in [0.25, 0.3) is 0 Å². The molecule has 0 saturated carbocycles. The molecule has 0 saturated heterocycles. The third-order valence-electron chi connectivity index (χ3n) is 10.3. The minimum atomic E-state index is -4.40. The van der Waals surface area contributed by atoms with Crippen molar-refractivity contribution < 1.29 is 36.7 Å². The molecule has 0 aliphatic heterocycles. The Bertz CT molecular complexity index is 2440. The maximum atomic E-state index is 14.7. The Morgan fingerprint density at radius 1 is 0.804 bits per heavy atom. The molecule has 0 N–H and O–H groups in total. The second-order valence-corrected chi connectivity index (χ2v) is 14.5. The van der Waals surface area contributed by atoms with E-state index >= 15 is 0 Å². The first-order valence-electron chi connectivity index (χ1n) is 19.0. The molecule has 0 radical (unpaired) electrons. The second-order valence-electron chi connectivity index (χ2n) is 14.5. The maximum absolute atomic E-state index is 14.7. The number of unbranched alkanes of at least 4 members (excludes halogenated alkanes) is 2. The highest BCUT2D eigenvalue weighted by molar-refractivity contribution is 6.27. The van der Waals surface area contributed by atoms with Crippen molar-refractivity contribution in [3.8, 4) is 5.75 Å². The first kappa shape index (κ1) is 40.2. The molecule has 0 bridgehead atoms. The number of aromatic nitrogens is 1. The van der Waals surface area contributed by atoms with E-state index in [1.165, 1.54) is 25.1 Å². The molecule has 0 aliphatic rings. The van der Waals surface area contributed by atoms with Crippen LogP contribution in [0.1, 0.15) is 103 Å². The Morgan fingerprint density at radius 3 is 2.14 bits per heavy atom. The largest absolute Gasteiger partial charge is 0.486 e. The number of aryl methyl sites for hydroxylation is 3. The molecular weight excluding hydrogens is 721 g/mol. The molecule has 10 heteroatoms. The summed E-state index contributed by atoms with van der Waals surface area (Å²) in [6.07, 6.45) is 1.07. The van der Waals surface area contributed by atoms with Gasteiger partial charge >= 0.3 is 18.3 Å². The van der Waals surface area contributed by atoms with Gasteiger partial charge in [0.15, 0.2) is 12.4 Å². The van der Waals surface area contributed by atoms with Crippen LogP contribution in [0.25, 0.3) is 32.6 Å². The summed E-state index contributed by atoms with van der Waals surface area (Å²) in [5, 5.41) is 7.53. The summed E-state index contributed by atoms with van der Waals surface area (Å²) in [6, 6.07) is 25.7. The number of halogens is 4. The van der Waals surface area contributed by atoms with Gasteiger partial charge in [-0.25, -0.2) is 13.6 Å². The number of alkyl halides is 4. The van der Waals surface area contributed by atoms with Crippen molar-refractivity contribution in [2.75, 3.05) is 6.61 Å². The summed E-state index contributed by atoms with van der Waals surface area (Å²) in [7, 11) is 0. The van der Waals surface area contributed by atoms with Crippen LogP contribution in [0.5, 0.6) is 5.75 Å². The fraction of sp³-hybridized carbons (Fsp3) is 0.326. The quantitative estimate of drug-likeness (QED) is 0.0261. The fourth-order valence-electron chi connectivity index (χ4n) is 7.83. The summed E-state index contributed by atoms with van der Waals surface area (Å²) in [4.78, 5) is 31.9. The van der Waals surface area contributed by atoms with E-state index in [1.807, 2.05) is 69.3 Å². The SMILES string of the molecule is CCCCCC(CC)n1c2ccc(/C(=N\OC(C)=O)c3ccccc3OCC(F)(F)C(F)F)cc2c2cc(C(=O)c3c(C)cc(C)cc3C)c3ccccc3c21. The first-order valence-corrected chi connectivity index (χ1v) is 19.0. The number of ether oxygens (including phenoxy) is 1. The fourth-order valence-corrected chi connectivity index (χ4v) is 7.83. The number of carbonyl (C=O) groups excluding carboxylic acids is 2. The smallest absolute Gasteiger partial charge is 0.340 e. The van der Waals surface area contributed by atoms with Crippen molar-refractivity contribution in [2.45, 2.75) is 92.0 Å². The van der Waals surface area contributed by atoms with Gasteiger partial charge in [0, 0.05) is 56.9 Å². The summed E-state index contributed by atoms with van der Waals surface area (Å²) in [5.41, 5.74) is 6.61. The third kappa shape index (κ3) is 7.92. The van der Waals surface area contributed by atoms with Crippen LogP contribution in [0.3, 0.4) is 0 Å². The van der Waals surface area contributed by atoms with E-state index in [1.54, 1.807) is 12.1 Å². The molecule has 1 aromatic heterocycles. The number of para-hydroxylation sites is 1. The number of nitrogens with zero attached hydrogens (tertiary/aromatic N) is 2. The van der Waals surface area contributed by atoms with Crippen molar-refractivity contribution in [1.82, 2.24) is 4.57 Å². The molecule has 5 aromatic carbocycles. The van der Waals surface area contributed by atoms with E-state index in [0.29, 0.717) is 16.7 Å². The van der Waals surface area contributed by atoms with Crippen LogP contribution in [-0.4, -0.2) is 41.0 Å². The number of hydrogen-bond acceptors (Lipinski definition) is 5. The van der Waals surface area contributed by atoms with E-state index in [4.69, 9.17) is 9.57 Å². The molecule has 6 nitrogen and oxygen atoms in total. The molecule has 0 amide bonds. The van der Waals surface area contributed by atoms with Gasteiger partial charge in [-0.2, -0.15) is 8.78 Å². The minimum Gasteiger partial charge on any atom is -0.486 e. The number of ketones is 1. The van der Waals surface area contributed by atoms with Crippen LogP contribution in [0.4, 0.5) is 17.6 Å². The van der Waals surface area contributed by atoms with Gasteiger partial charge in [-0.15, -0.1) is 0 Å². The van der Waals surface area contributed by atoms with Crippen molar-refractivity contribution in [3.05, 3.63) is 124 Å². The molecule has 1 unspecified atom stereocenters. The summed E-state index contributed by atoms with van der Waals surface area (Å²) in [5.74, 6) is -5.36. The molecule has 1 heterocycles. The van der Waals surface area contributed by atoms with Crippen LogP contribution in [0.2, 0.25) is 0 Å². The van der Waals surface area contributed by atoms with Gasteiger partial charge in [-0.3, -0.25) is 4.79 Å². The van der Waals surface area contributed by atoms with Gasteiger partial charge in [0.2, 0.25) is 0 Å². The Hall–Kier alpha value is -5.51. The van der Waals surface area contributed by atoms with Gasteiger partial charge in [0.1, 0.15) is 11.5 Å². The first-order chi connectivity index (χ1) is 26.8. The van der Waals surface area contributed by atoms with E-state index in [2.05, 4.69) is 29.6 Å². The number of fused-ring (bicyclic) bond motifs is 5. The van der Waals surface area contributed by atoms with Crippen molar-refractivity contribution in [3.63, 3.8) is 0 Å². The zero-order chi connectivity index (χ0) is 40.3. The number of oxime groups is 1. The van der Waals surface area contributed by atoms with Crippen molar-refractivity contribution >= 4 is 50.0 Å². The summed E-state index contributed by atoms with van der Waals surface area (Å²) in [6.45, 7) is 9.86. The van der Waals surface area contributed by atoms with Crippen LogP contribution in [0, 0.1) is 20.8 Å². The Balaban J connectivity index is 1.65. The zero-order valence-electron chi connectivity index (χ0n) is 32.5. The highest BCUT2D eigenvalue weighted by atomic mass is 19.3. The number of hydrogen-bond donors (Lipinski definition) is 0. The Kier molecular flexibility index (Phi) is 12.0. The van der Waals surface area contributed by atoms with Gasteiger partial charge in [0.05, 0.1) is 5.52 Å². The molecule has 0 aliphatic carbocycles. The third-order valence-corrected chi connectivity index (χ3v) is 10.3. The number of rotatable bonds is 15. The summed E-state index contributed by atoms with van der Waals surface area (Å²) >= 11 is 0. The highest BCUT2D eigenvalue weighted by Crippen LogP contribution is 2.42. The van der Waals surface area contributed by atoms with Crippen LogP contribution < -0.4 is 4.74 Å². The molecule has 1 atom stereocenters. The lowest BCUT2D eigenvalue weighted by molar-refractivity contribution is -0.148. The lowest BCUT2D eigenvalue weighted by Crippen LogP contribution is -2.34. The lowest BCUT2D eigenvalue weighted by atomic mass is 9.89. The predicted molar refractivity (Wildman–Crippen MR) is 215 cm³/mol. The van der Waals surface area contributed by atoms with Crippen LogP contribution >= 0.6 is 0 Å². The van der Waals surface area contributed by atoms with Crippen molar-refractivity contribution in [2.24, 2.45) is 5.16 Å². The topological polar surface area (TPSA) is 69.9 Å². The number of benzene rings is 5. The molecule has 0 spiro atoms. The van der Waals surface area contributed by atoms with Gasteiger partial charge < -0.3 is 14.1 Å². The van der Waals surface area contributed by atoms with Crippen LogP contribution in [-0.2, 0) is 9.63 Å². The van der Waals surface area contributed by atoms with E-state index < -0.39 is 24.9 Å². The highest BCUT2D eigenvalue weighted by Gasteiger charge is 2.42. The molecule has 6 aromatic rings. The molecule has 56 heavy (non-hydrogen) atoms. The monoisotopic (exact) mass is 766 g/mol. The van der Waals surface area contributed by atoms with Crippen molar-refractivity contribution in [1.29, 1.82) is 0 Å². The normalized spacial score (nSPS) is 12.9. The Labute approximate surface area is 324 Å². The summed E-state index contributed by atoms with van der Waals surface area (Å²) < 4.78 is 61.9. The maximum Gasteiger partial charge on any atom is 0.340 e.